The summed E-state index contributed by atoms with van der Waals surface area (Å²) in [4.78, 5) is 60.9. The van der Waals surface area contributed by atoms with E-state index in [0.29, 0.717) is 5.57 Å². The molecule has 1 aliphatic heterocycles. The van der Waals surface area contributed by atoms with Gasteiger partial charge in [0.05, 0.1) is 0 Å². The van der Waals surface area contributed by atoms with Crippen LogP contribution in [0.25, 0.3) is 6.08 Å². The monoisotopic (exact) mass is 412 g/mol. The topological polar surface area (TPSA) is 185 Å². The van der Waals surface area contributed by atoms with E-state index in [9.17, 15) is 29.1 Å². The van der Waals surface area contributed by atoms with Crippen molar-refractivity contribution < 1.29 is 24.3 Å². The van der Waals surface area contributed by atoms with Gasteiger partial charge in [-0.25, -0.2) is 0 Å². The van der Waals surface area contributed by atoms with Gasteiger partial charge in [-0.15, -0.1) is 0 Å². The number of aromatic hydroxyl groups is 1. The lowest BCUT2D eigenvalue weighted by atomic mass is 9.95. The Morgan fingerprint density at radius 2 is 1.67 bits per heavy atom. The molecule has 0 saturated heterocycles. The number of amides is 4. The largest absolute Gasteiger partial charge is 0.494 e. The van der Waals surface area contributed by atoms with Gasteiger partial charge in [-0.3, -0.25) is 34.3 Å². The summed E-state index contributed by atoms with van der Waals surface area (Å²) in [5.41, 5.74) is 10.5. The first-order valence-corrected chi connectivity index (χ1v) is 8.64. The number of carbonyl (C=O) groups excluding carboxylic acids is 4. The van der Waals surface area contributed by atoms with Crippen LogP contribution in [0.4, 0.5) is 0 Å². The summed E-state index contributed by atoms with van der Waals surface area (Å²) in [5, 5.41) is 11.7. The summed E-state index contributed by atoms with van der Waals surface area (Å²) in [6.07, 6.45) is 5.90. The molecule has 0 aliphatic carbocycles. The van der Waals surface area contributed by atoms with Gasteiger partial charge in [-0.05, 0) is 44.1 Å². The van der Waals surface area contributed by atoms with Gasteiger partial charge in [0, 0.05) is 11.1 Å². The zero-order chi connectivity index (χ0) is 22.7. The highest BCUT2D eigenvalue weighted by atomic mass is 16.3. The van der Waals surface area contributed by atoms with Crippen LogP contribution in [0.1, 0.15) is 35.3 Å². The number of hydrogen-bond donors (Lipinski definition) is 5. The van der Waals surface area contributed by atoms with Crippen LogP contribution < -0.4 is 22.3 Å². The van der Waals surface area contributed by atoms with Gasteiger partial charge in [-0.1, -0.05) is 17.7 Å². The lowest BCUT2D eigenvalue weighted by Gasteiger charge is -2.17. The van der Waals surface area contributed by atoms with Gasteiger partial charge in [-0.2, -0.15) is 0 Å². The van der Waals surface area contributed by atoms with Crippen LogP contribution in [0.15, 0.2) is 45.3 Å². The molecule has 0 atom stereocenters. The van der Waals surface area contributed by atoms with Crippen molar-refractivity contribution in [3.63, 3.8) is 0 Å². The lowest BCUT2D eigenvalue weighted by molar-refractivity contribution is -0.128. The maximum atomic E-state index is 12.1. The second kappa shape index (κ2) is 8.43. The smallest absolute Gasteiger partial charge is 0.263 e. The molecule has 2 heterocycles. The quantitative estimate of drug-likeness (QED) is 0.193. The number of aromatic amines is 1. The number of primary amides is 2. The minimum atomic E-state index is -0.948. The number of nitrogens with one attached hydrogen (secondary N) is 2. The number of aromatic nitrogens is 1. The first kappa shape index (κ1) is 22.1. The van der Waals surface area contributed by atoms with E-state index in [-0.39, 0.29) is 33.4 Å². The SMILES string of the molecule is CC1=C(C(N)=O)C(=O)NC(=O)\C1=C/C=C(C)/C=C/c1c(C)c(C(N)=O)c(O)[nH]c1=O. The van der Waals surface area contributed by atoms with E-state index in [1.165, 1.54) is 38.2 Å². The maximum Gasteiger partial charge on any atom is 0.263 e. The Hall–Kier alpha value is -4.21. The Morgan fingerprint density at radius 1 is 1.03 bits per heavy atom. The van der Waals surface area contributed by atoms with Gasteiger partial charge < -0.3 is 16.6 Å². The minimum absolute atomic E-state index is 0.0887. The second-order valence-corrected chi connectivity index (χ2v) is 6.55. The molecule has 0 radical (unpaired) electrons. The maximum absolute atomic E-state index is 12.1. The molecule has 0 aromatic carbocycles. The second-order valence-electron chi connectivity index (χ2n) is 6.55. The van der Waals surface area contributed by atoms with Crippen molar-refractivity contribution >= 4 is 29.7 Å². The van der Waals surface area contributed by atoms with Crippen molar-refractivity contribution in [2.45, 2.75) is 20.8 Å². The third-order valence-electron chi connectivity index (χ3n) is 4.49. The molecular formula is C20H20N4O6. The Labute approximate surface area is 170 Å². The number of hydrogen-bond acceptors (Lipinski definition) is 6. The van der Waals surface area contributed by atoms with Crippen LogP contribution in [0.5, 0.6) is 5.88 Å². The number of imide groups is 1. The third-order valence-corrected chi connectivity index (χ3v) is 4.49. The van der Waals surface area contributed by atoms with Crippen LogP contribution >= 0.6 is 0 Å². The molecule has 10 heteroatoms. The van der Waals surface area contributed by atoms with E-state index in [1.807, 2.05) is 5.32 Å². The van der Waals surface area contributed by atoms with Gasteiger partial charge in [0.15, 0.2) is 0 Å². The molecule has 30 heavy (non-hydrogen) atoms. The molecule has 1 aromatic heterocycles. The Kier molecular flexibility index (Phi) is 6.21. The number of carbonyl (C=O) groups is 4. The number of nitrogens with two attached hydrogens (primary N) is 2. The summed E-state index contributed by atoms with van der Waals surface area (Å²) in [7, 11) is 0. The highest BCUT2D eigenvalue weighted by molar-refractivity contribution is 6.27. The van der Waals surface area contributed by atoms with Crippen molar-refractivity contribution in [3.8, 4) is 5.88 Å². The van der Waals surface area contributed by atoms with Gasteiger partial charge in [0.1, 0.15) is 11.1 Å². The standard InChI is InChI=1S/C20H20N4O6/c1-8(4-6-11-9(2)13(15(21)25)19(29)23-17(11)27)5-7-12-10(3)14(16(22)26)20(30)24-18(12)28/h4-7H,1-3H3,(H2,21,25)(H2,22,26)(H,23,27,29)(H2,24,28,30)/b7-5+,8-4+,11-6-. The molecule has 2 rings (SSSR count). The molecule has 1 aromatic rings. The normalized spacial score (nSPS) is 16.4. The Balaban J connectivity index is 2.44. The molecule has 0 fully saturated rings. The molecule has 1 aliphatic rings. The molecule has 156 valence electrons. The van der Waals surface area contributed by atoms with Crippen molar-refractivity contribution in [3.05, 3.63) is 67.6 Å². The zero-order valence-corrected chi connectivity index (χ0v) is 16.5. The van der Waals surface area contributed by atoms with Crippen molar-refractivity contribution in [2.75, 3.05) is 0 Å². The van der Waals surface area contributed by atoms with E-state index < -0.39 is 35.1 Å². The molecule has 7 N–H and O–H groups in total. The van der Waals surface area contributed by atoms with E-state index in [0.717, 1.165) is 0 Å². The fraction of sp³-hybridized carbons (Fsp3) is 0.150. The molecule has 0 saturated carbocycles. The highest BCUT2D eigenvalue weighted by Gasteiger charge is 2.30. The first-order chi connectivity index (χ1) is 14.0. The van der Waals surface area contributed by atoms with E-state index >= 15 is 0 Å². The number of allylic oxidation sites excluding steroid dienone is 4. The molecule has 0 unspecified atom stereocenters. The lowest BCUT2D eigenvalue weighted by Crippen LogP contribution is -2.41. The summed E-state index contributed by atoms with van der Waals surface area (Å²) in [6, 6.07) is 0. The summed E-state index contributed by atoms with van der Waals surface area (Å²) >= 11 is 0. The number of pyridine rings is 1. The Morgan fingerprint density at radius 3 is 2.23 bits per heavy atom. The molecule has 10 nitrogen and oxygen atoms in total. The molecule has 4 amide bonds. The number of H-pyrrole nitrogens is 1. The van der Waals surface area contributed by atoms with Crippen LogP contribution in [-0.2, 0) is 14.4 Å². The predicted octanol–water partition coefficient (Wildman–Crippen LogP) is -0.168. The van der Waals surface area contributed by atoms with Crippen molar-refractivity contribution in [2.24, 2.45) is 11.5 Å². The average molecular weight is 412 g/mol. The summed E-state index contributed by atoms with van der Waals surface area (Å²) < 4.78 is 0. The predicted molar refractivity (Wildman–Crippen MR) is 108 cm³/mol. The minimum Gasteiger partial charge on any atom is -0.494 e. The number of rotatable bonds is 5. The third kappa shape index (κ3) is 4.27. The van der Waals surface area contributed by atoms with Crippen molar-refractivity contribution in [1.29, 1.82) is 0 Å². The molecular weight excluding hydrogens is 392 g/mol. The van der Waals surface area contributed by atoms with E-state index in [1.54, 1.807) is 6.92 Å². The van der Waals surface area contributed by atoms with E-state index in [4.69, 9.17) is 11.5 Å². The van der Waals surface area contributed by atoms with E-state index in [2.05, 4.69) is 4.98 Å². The van der Waals surface area contributed by atoms with Gasteiger partial charge >= 0.3 is 0 Å². The highest BCUT2D eigenvalue weighted by Crippen LogP contribution is 2.21. The van der Waals surface area contributed by atoms with Crippen molar-refractivity contribution in [1.82, 2.24) is 10.3 Å². The van der Waals surface area contributed by atoms with Gasteiger partial charge in [0.2, 0.25) is 5.88 Å². The fourth-order valence-corrected chi connectivity index (χ4v) is 2.91. The molecule has 0 spiro atoms. The summed E-state index contributed by atoms with van der Waals surface area (Å²) in [5.74, 6) is -3.97. The van der Waals surface area contributed by atoms with Crippen LogP contribution in [-0.4, -0.2) is 33.7 Å². The van der Waals surface area contributed by atoms with Crippen LogP contribution in [0, 0.1) is 6.92 Å². The zero-order valence-electron chi connectivity index (χ0n) is 16.5. The van der Waals surface area contributed by atoms with Crippen LogP contribution in [0.3, 0.4) is 0 Å². The fourth-order valence-electron chi connectivity index (χ4n) is 2.91. The summed E-state index contributed by atoms with van der Waals surface area (Å²) in [6.45, 7) is 4.58. The van der Waals surface area contributed by atoms with Gasteiger partial charge in [0.25, 0.3) is 29.2 Å². The first-order valence-electron chi connectivity index (χ1n) is 8.64. The Bertz CT molecular complexity index is 1160. The molecule has 0 bridgehead atoms. The van der Waals surface area contributed by atoms with Crippen LogP contribution in [0.2, 0.25) is 0 Å². The average Bonchev–Trinajstić information content (AvgIpc) is 2.59.